The molecule has 41 heavy (non-hydrogen) atoms. The lowest BCUT2D eigenvalue weighted by atomic mass is 9.82. The maximum atomic E-state index is 13.7. The summed E-state index contributed by atoms with van der Waals surface area (Å²) in [5.41, 5.74) is 3.98. The fraction of sp³-hybridized carbons (Fsp3) is 0.314. The lowest BCUT2D eigenvalue weighted by Crippen LogP contribution is -2.63. The lowest BCUT2D eigenvalue weighted by Gasteiger charge is -2.48. The maximum absolute atomic E-state index is 13.7. The maximum Gasteiger partial charge on any atom is 0.261 e. The highest BCUT2D eigenvalue weighted by Gasteiger charge is 2.53. The van der Waals surface area contributed by atoms with Crippen molar-refractivity contribution in [2.24, 2.45) is 5.92 Å². The topological polar surface area (TPSA) is 65.1 Å². The molecule has 1 fully saturated rings. The third kappa shape index (κ3) is 6.41. The van der Waals surface area contributed by atoms with Gasteiger partial charge in [-0.25, -0.2) is 0 Å². The molecule has 0 saturated carbocycles. The molecule has 6 heteroatoms. The fourth-order valence-corrected chi connectivity index (χ4v) is 5.78. The number of benzene rings is 3. The van der Waals surface area contributed by atoms with Crippen LogP contribution in [0, 0.1) is 5.92 Å². The molecule has 0 aromatic heterocycles. The van der Waals surface area contributed by atoms with Crippen molar-refractivity contribution in [2.75, 3.05) is 6.61 Å². The second-order valence-corrected chi connectivity index (χ2v) is 10.8. The van der Waals surface area contributed by atoms with Gasteiger partial charge in [-0.05, 0) is 43.5 Å². The molecule has 0 bridgehead atoms. The van der Waals surface area contributed by atoms with Gasteiger partial charge in [-0.15, -0.1) is 6.58 Å². The Morgan fingerprint density at radius 1 is 0.829 bits per heavy atom. The highest BCUT2D eigenvalue weighted by molar-refractivity contribution is 6.21. The second-order valence-electron chi connectivity index (χ2n) is 10.8. The number of carbonyl (C=O) groups is 2. The van der Waals surface area contributed by atoms with Crippen molar-refractivity contribution in [1.29, 1.82) is 0 Å². The Morgan fingerprint density at radius 2 is 1.39 bits per heavy atom. The third-order valence-corrected chi connectivity index (χ3v) is 7.60. The number of hydrogen-bond acceptors (Lipinski definition) is 5. The minimum atomic E-state index is -0.657. The summed E-state index contributed by atoms with van der Waals surface area (Å²) < 4.78 is 19.6. The molecule has 6 nitrogen and oxygen atoms in total. The van der Waals surface area contributed by atoms with E-state index in [0.29, 0.717) is 37.4 Å². The SMILES string of the molecule is C=CC[C@@H]1O[C@H](COCc2ccccc2)[C@@H](C=C(C)C)[C@H](OCc2ccccc2)[C@H]1N1C(=O)c2ccccc2C1=O. The van der Waals surface area contributed by atoms with Gasteiger partial charge in [-0.3, -0.25) is 14.5 Å². The van der Waals surface area contributed by atoms with Gasteiger partial charge >= 0.3 is 0 Å². The molecule has 0 spiro atoms. The van der Waals surface area contributed by atoms with Gasteiger partial charge in [0.15, 0.2) is 0 Å². The zero-order valence-corrected chi connectivity index (χ0v) is 23.6. The smallest absolute Gasteiger partial charge is 0.261 e. The summed E-state index contributed by atoms with van der Waals surface area (Å²) in [6.07, 6.45) is 2.94. The number of rotatable bonds is 11. The van der Waals surface area contributed by atoms with Crippen LogP contribution in [0.2, 0.25) is 0 Å². The first-order valence-corrected chi connectivity index (χ1v) is 14.1. The molecular weight excluding hydrogens is 514 g/mol. The highest BCUT2D eigenvalue weighted by atomic mass is 16.6. The van der Waals surface area contributed by atoms with Crippen molar-refractivity contribution in [3.63, 3.8) is 0 Å². The van der Waals surface area contributed by atoms with E-state index in [4.69, 9.17) is 14.2 Å². The van der Waals surface area contributed by atoms with Gasteiger partial charge < -0.3 is 14.2 Å². The Morgan fingerprint density at radius 3 is 1.95 bits per heavy atom. The van der Waals surface area contributed by atoms with Crippen molar-refractivity contribution in [1.82, 2.24) is 4.90 Å². The van der Waals surface area contributed by atoms with Crippen LogP contribution >= 0.6 is 0 Å². The van der Waals surface area contributed by atoms with Crippen molar-refractivity contribution in [3.05, 3.63) is 131 Å². The first-order chi connectivity index (χ1) is 20.0. The minimum Gasteiger partial charge on any atom is -0.374 e. The van der Waals surface area contributed by atoms with Crippen LogP contribution in [0.25, 0.3) is 0 Å². The largest absolute Gasteiger partial charge is 0.374 e. The number of hydrogen-bond donors (Lipinski definition) is 0. The van der Waals surface area contributed by atoms with Crippen LogP contribution in [-0.2, 0) is 27.4 Å². The van der Waals surface area contributed by atoms with E-state index in [1.54, 1.807) is 30.3 Å². The number of carbonyl (C=O) groups excluding carboxylic acids is 2. The minimum absolute atomic E-state index is 0.269. The summed E-state index contributed by atoms with van der Waals surface area (Å²) in [4.78, 5) is 28.8. The molecule has 2 heterocycles. The molecule has 212 valence electrons. The third-order valence-electron chi connectivity index (χ3n) is 7.60. The van der Waals surface area contributed by atoms with E-state index in [0.717, 1.165) is 16.7 Å². The molecule has 0 radical (unpaired) electrons. The molecular formula is C35H37NO5. The van der Waals surface area contributed by atoms with Gasteiger partial charge in [-0.1, -0.05) is 90.5 Å². The number of nitrogens with zero attached hydrogens (tertiary/aromatic N) is 1. The quantitative estimate of drug-likeness (QED) is 0.204. The van der Waals surface area contributed by atoms with E-state index >= 15 is 0 Å². The zero-order chi connectivity index (χ0) is 28.8. The average molecular weight is 552 g/mol. The monoisotopic (exact) mass is 551 g/mol. The average Bonchev–Trinajstić information content (AvgIpc) is 3.23. The van der Waals surface area contributed by atoms with Crippen LogP contribution in [0.15, 0.2) is 109 Å². The summed E-state index contributed by atoms with van der Waals surface area (Å²) in [7, 11) is 0. The van der Waals surface area contributed by atoms with E-state index in [1.165, 1.54) is 4.90 Å². The molecule has 2 aliphatic rings. The Hall–Kier alpha value is -3.84. The van der Waals surface area contributed by atoms with Gasteiger partial charge in [0.1, 0.15) is 0 Å². The summed E-state index contributed by atoms with van der Waals surface area (Å²) in [6.45, 7) is 9.13. The Kier molecular flexibility index (Phi) is 9.24. The first kappa shape index (κ1) is 28.7. The van der Waals surface area contributed by atoms with Crippen LogP contribution in [-0.4, -0.2) is 47.7 Å². The van der Waals surface area contributed by atoms with Crippen LogP contribution < -0.4 is 0 Å². The number of ether oxygens (including phenoxy) is 3. The summed E-state index contributed by atoms with van der Waals surface area (Å²) in [5, 5.41) is 0. The Bertz CT molecular complexity index is 1350. The summed E-state index contributed by atoms with van der Waals surface area (Å²) in [5.74, 6) is -0.914. The van der Waals surface area contributed by atoms with Gasteiger partial charge in [0.2, 0.25) is 0 Å². The standard InChI is InChI=1S/C35H37NO5/c1-4-13-30-32(36-34(37)27-18-11-12-19-28(27)35(36)38)33(40-22-26-16-9-6-10-17-26)29(20-24(2)3)31(41-30)23-39-21-25-14-7-5-8-15-25/h4-12,14-20,29-33H,1,13,21-23H2,2-3H3/t29-,30+,31-,32+,33+/m1/s1. The van der Waals surface area contributed by atoms with E-state index in [-0.39, 0.29) is 23.8 Å². The Balaban J connectivity index is 1.50. The van der Waals surface area contributed by atoms with Crippen molar-refractivity contribution in [3.8, 4) is 0 Å². The van der Waals surface area contributed by atoms with Gasteiger partial charge in [0, 0.05) is 5.92 Å². The fourth-order valence-electron chi connectivity index (χ4n) is 5.78. The second kappa shape index (κ2) is 13.2. The van der Waals surface area contributed by atoms with E-state index in [9.17, 15) is 9.59 Å². The molecule has 0 unspecified atom stereocenters. The summed E-state index contributed by atoms with van der Waals surface area (Å²) in [6, 6.07) is 26.2. The van der Waals surface area contributed by atoms with Gasteiger partial charge in [0.05, 0.1) is 55.3 Å². The van der Waals surface area contributed by atoms with Crippen LogP contribution in [0.1, 0.15) is 52.1 Å². The molecule has 1 saturated heterocycles. The molecule has 3 aromatic rings. The van der Waals surface area contributed by atoms with Gasteiger partial charge in [-0.2, -0.15) is 0 Å². The zero-order valence-electron chi connectivity index (χ0n) is 23.6. The summed E-state index contributed by atoms with van der Waals surface area (Å²) >= 11 is 0. The molecule has 0 aliphatic carbocycles. The van der Waals surface area contributed by atoms with Crippen molar-refractivity contribution < 1.29 is 23.8 Å². The van der Waals surface area contributed by atoms with Crippen LogP contribution in [0.5, 0.6) is 0 Å². The van der Waals surface area contributed by atoms with Crippen LogP contribution in [0.3, 0.4) is 0 Å². The van der Waals surface area contributed by atoms with Crippen LogP contribution in [0.4, 0.5) is 0 Å². The normalized spacial score (nSPS) is 23.8. The predicted molar refractivity (Wildman–Crippen MR) is 158 cm³/mol. The van der Waals surface area contributed by atoms with Crippen molar-refractivity contribution >= 4 is 11.8 Å². The van der Waals surface area contributed by atoms with E-state index in [2.05, 4.69) is 12.7 Å². The number of amides is 2. The molecule has 0 N–H and O–H groups in total. The molecule has 5 rings (SSSR count). The van der Waals surface area contributed by atoms with Crippen molar-refractivity contribution in [2.45, 2.75) is 57.8 Å². The van der Waals surface area contributed by atoms with E-state index in [1.807, 2.05) is 74.5 Å². The number of allylic oxidation sites excluding steroid dienone is 1. The molecule has 2 amide bonds. The first-order valence-electron chi connectivity index (χ1n) is 14.1. The molecule has 3 aromatic carbocycles. The highest BCUT2D eigenvalue weighted by Crippen LogP contribution is 2.39. The molecule has 2 aliphatic heterocycles. The van der Waals surface area contributed by atoms with Gasteiger partial charge in [0.25, 0.3) is 11.8 Å². The number of fused-ring (bicyclic) bond motifs is 1. The predicted octanol–water partition coefficient (Wildman–Crippen LogP) is 6.38. The Labute approximate surface area is 242 Å². The number of imide groups is 1. The molecule has 5 atom stereocenters. The lowest BCUT2D eigenvalue weighted by molar-refractivity contribution is -0.190. The van der Waals surface area contributed by atoms with E-state index < -0.39 is 18.2 Å².